The molecule has 0 aliphatic carbocycles. The van der Waals surface area contributed by atoms with Crippen LogP contribution in [0.4, 0.5) is 10.1 Å². The van der Waals surface area contributed by atoms with Crippen molar-refractivity contribution in [2.45, 2.75) is 18.9 Å². The first kappa shape index (κ1) is 12.4. The van der Waals surface area contributed by atoms with Crippen LogP contribution in [0.1, 0.15) is 23.2 Å². The lowest BCUT2D eigenvalue weighted by Gasteiger charge is -2.24. The Morgan fingerprint density at radius 2 is 2.26 bits per heavy atom. The van der Waals surface area contributed by atoms with E-state index >= 15 is 0 Å². The van der Waals surface area contributed by atoms with E-state index < -0.39 is 11.7 Å². The van der Waals surface area contributed by atoms with Gasteiger partial charge < -0.3 is 16.0 Å². The summed E-state index contributed by atoms with van der Waals surface area (Å²) < 4.78 is 13.3. The average Bonchev–Trinajstić information content (AvgIpc) is 2.82. The van der Waals surface area contributed by atoms with Gasteiger partial charge in [0.1, 0.15) is 5.82 Å². The van der Waals surface area contributed by atoms with Gasteiger partial charge in [-0.25, -0.2) is 4.39 Å². The van der Waals surface area contributed by atoms with E-state index in [0.29, 0.717) is 12.0 Å². The molecule has 0 aromatic heterocycles. The largest absolute Gasteiger partial charge is 0.369 e. The van der Waals surface area contributed by atoms with Crippen LogP contribution in [0.5, 0.6) is 0 Å². The minimum Gasteiger partial charge on any atom is -0.369 e. The molecule has 5 heteroatoms. The predicted molar refractivity (Wildman–Crippen MR) is 71.6 cm³/mol. The van der Waals surface area contributed by atoms with Crippen LogP contribution in [0.15, 0.2) is 18.2 Å². The van der Waals surface area contributed by atoms with Gasteiger partial charge in [0.2, 0.25) is 0 Å². The van der Waals surface area contributed by atoms with Crippen LogP contribution in [0.2, 0.25) is 0 Å². The summed E-state index contributed by atoms with van der Waals surface area (Å²) in [5.74, 6) is -0.385. The van der Waals surface area contributed by atoms with Gasteiger partial charge in [0.05, 0.1) is 5.56 Å². The standard InChI is InChI=1S/C14H18FN3O/c15-10-3-4-13(11(6-10)14(16)19)18-7-9-2-1-5-17-12(9)8-18/h3-4,6,9,12,17H,1-2,5,7-8H2,(H2,16,19). The van der Waals surface area contributed by atoms with Crippen molar-refractivity contribution < 1.29 is 9.18 Å². The fourth-order valence-corrected chi connectivity index (χ4v) is 3.22. The number of anilines is 1. The number of halogens is 1. The third kappa shape index (κ3) is 2.30. The first-order valence-electron chi connectivity index (χ1n) is 6.73. The van der Waals surface area contributed by atoms with E-state index in [1.807, 2.05) is 0 Å². The van der Waals surface area contributed by atoms with Crippen LogP contribution < -0.4 is 16.0 Å². The maximum atomic E-state index is 13.3. The first-order chi connectivity index (χ1) is 9.15. The van der Waals surface area contributed by atoms with Crippen molar-refractivity contribution in [2.24, 2.45) is 11.7 Å². The molecule has 4 nitrogen and oxygen atoms in total. The van der Waals surface area contributed by atoms with Gasteiger partial charge in [-0.05, 0) is 43.5 Å². The first-order valence-corrected chi connectivity index (χ1v) is 6.73. The normalized spacial score (nSPS) is 26.3. The van der Waals surface area contributed by atoms with E-state index in [0.717, 1.165) is 25.3 Å². The Bertz CT molecular complexity index is 491. The van der Waals surface area contributed by atoms with Crippen molar-refractivity contribution in [1.29, 1.82) is 0 Å². The number of benzene rings is 1. The van der Waals surface area contributed by atoms with Gasteiger partial charge in [0.15, 0.2) is 0 Å². The van der Waals surface area contributed by atoms with E-state index in [1.54, 1.807) is 6.07 Å². The van der Waals surface area contributed by atoms with Crippen molar-refractivity contribution >= 4 is 11.6 Å². The summed E-state index contributed by atoms with van der Waals surface area (Å²) in [5, 5.41) is 3.51. The molecule has 1 aromatic carbocycles. The Morgan fingerprint density at radius 3 is 3.00 bits per heavy atom. The van der Waals surface area contributed by atoms with Gasteiger partial charge in [-0.2, -0.15) is 0 Å². The van der Waals surface area contributed by atoms with Gasteiger partial charge in [-0.1, -0.05) is 0 Å². The summed E-state index contributed by atoms with van der Waals surface area (Å²) in [7, 11) is 0. The Balaban J connectivity index is 1.88. The zero-order valence-electron chi connectivity index (χ0n) is 10.7. The second-order valence-corrected chi connectivity index (χ2v) is 5.39. The summed E-state index contributed by atoms with van der Waals surface area (Å²) in [6.07, 6.45) is 2.41. The van der Waals surface area contributed by atoms with E-state index in [2.05, 4.69) is 10.2 Å². The highest BCUT2D eigenvalue weighted by Crippen LogP contribution is 2.31. The van der Waals surface area contributed by atoms with Gasteiger partial charge in [-0.3, -0.25) is 4.79 Å². The van der Waals surface area contributed by atoms with E-state index in [4.69, 9.17) is 5.73 Å². The smallest absolute Gasteiger partial charge is 0.250 e. The van der Waals surface area contributed by atoms with E-state index in [-0.39, 0.29) is 5.56 Å². The highest BCUT2D eigenvalue weighted by molar-refractivity contribution is 5.98. The molecule has 2 heterocycles. The molecule has 2 atom stereocenters. The Hall–Kier alpha value is -1.62. The Kier molecular flexibility index (Phi) is 3.14. The lowest BCUT2D eigenvalue weighted by molar-refractivity contribution is 0.100. The number of nitrogens with two attached hydrogens (primary N) is 1. The van der Waals surface area contributed by atoms with Crippen molar-refractivity contribution in [3.05, 3.63) is 29.6 Å². The second-order valence-electron chi connectivity index (χ2n) is 5.39. The van der Waals surface area contributed by atoms with Crippen molar-refractivity contribution in [2.75, 3.05) is 24.5 Å². The molecule has 102 valence electrons. The molecule has 0 saturated carbocycles. The molecule has 1 aromatic rings. The number of rotatable bonds is 2. The Morgan fingerprint density at radius 1 is 1.42 bits per heavy atom. The molecule has 0 bridgehead atoms. The highest BCUT2D eigenvalue weighted by Gasteiger charge is 2.35. The zero-order valence-corrected chi connectivity index (χ0v) is 10.7. The quantitative estimate of drug-likeness (QED) is 0.840. The van der Waals surface area contributed by atoms with Crippen LogP contribution in [-0.4, -0.2) is 31.6 Å². The monoisotopic (exact) mass is 263 g/mol. The Labute approximate surface area is 111 Å². The summed E-state index contributed by atoms with van der Waals surface area (Å²) in [6, 6.07) is 4.75. The number of piperidine rings is 1. The predicted octanol–water partition coefficient (Wildman–Crippen LogP) is 1.11. The number of hydrogen-bond acceptors (Lipinski definition) is 3. The van der Waals surface area contributed by atoms with Crippen LogP contribution in [0.3, 0.4) is 0 Å². The lowest BCUT2D eigenvalue weighted by Crippen LogP contribution is -2.40. The number of nitrogens with zero attached hydrogens (tertiary/aromatic N) is 1. The SMILES string of the molecule is NC(=O)c1cc(F)ccc1N1CC2CCCNC2C1. The van der Waals surface area contributed by atoms with Crippen LogP contribution in [-0.2, 0) is 0 Å². The molecule has 2 saturated heterocycles. The number of carbonyl (C=O) groups is 1. The third-order valence-corrected chi connectivity index (χ3v) is 4.16. The fraction of sp³-hybridized carbons (Fsp3) is 0.500. The summed E-state index contributed by atoms with van der Waals surface area (Å²) >= 11 is 0. The molecule has 0 radical (unpaired) electrons. The molecule has 19 heavy (non-hydrogen) atoms. The molecule has 2 aliphatic heterocycles. The molecule has 3 N–H and O–H groups in total. The molecule has 2 aliphatic rings. The number of nitrogens with one attached hydrogen (secondary N) is 1. The molecule has 2 unspecified atom stereocenters. The average molecular weight is 263 g/mol. The molecule has 2 fully saturated rings. The maximum absolute atomic E-state index is 13.3. The van der Waals surface area contributed by atoms with Gasteiger partial charge >= 0.3 is 0 Å². The van der Waals surface area contributed by atoms with Gasteiger partial charge in [-0.15, -0.1) is 0 Å². The van der Waals surface area contributed by atoms with E-state index in [9.17, 15) is 9.18 Å². The van der Waals surface area contributed by atoms with Crippen molar-refractivity contribution in [1.82, 2.24) is 5.32 Å². The summed E-state index contributed by atoms with van der Waals surface area (Å²) in [4.78, 5) is 13.6. The number of primary amides is 1. The second kappa shape index (κ2) is 4.81. The van der Waals surface area contributed by atoms with Gasteiger partial charge in [0.25, 0.3) is 5.91 Å². The minimum absolute atomic E-state index is 0.277. The lowest BCUT2D eigenvalue weighted by atomic mass is 9.94. The van der Waals surface area contributed by atoms with E-state index in [1.165, 1.54) is 25.0 Å². The number of fused-ring (bicyclic) bond motifs is 1. The molecule has 1 amide bonds. The molecular formula is C14H18FN3O. The number of amides is 1. The van der Waals surface area contributed by atoms with Gasteiger partial charge in [0, 0.05) is 24.8 Å². The van der Waals surface area contributed by atoms with Crippen molar-refractivity contribution in [3.63, 3.8) is 0 Å². The minimum atomic E-state index is -0.572. The fourth-order valence-electron chi connectivity index (χ4n) is 3.22. The third-order valence-electron chi connectivity index (χ3n) is 4.16. The molecule has 3 rings (SSSR count). The van der Waals surface area contributed by atoms with Crippen LogP contribution in [0, 0.1) is 11.7 Å². The van der Waals surface area contributed by atoms with Crippen LogP contribution >= 0.6 is 0 Å². The number of hydrogen-bond donors (Lipinski definition) is 2. The topological polar surface area (TPSA) is 58.4 Å². The molecule has 0 spiro atoms. The zero-order chi connectivity index (χ0) is 13.4. The summed E-state index contributed by atoms with van der Waals surface area (Å²) in [5.41, 5.74) is 6.38. The number of carbonyl (C=O) groups excluding carboxylic acids is 1. The van der Waals surface area contributed by atoms with Crippen molar-refractivity contribution in [3.8, 4) is 0 Å². The highest BCUT2D eigenvalue weighted by atomic mass is 19.1. The summed E-state index contributed by atoms with van der Waals surface area (Å²) in [6.45, 7) is 2.82. The maximum Gasteiger partial charge on any atom is 0.250 e. The van der Waals surface area contributed by atoms with Crippen LogP contribution in [0.25, 0.3) is 0 Å². The molecular weight excluding hydrogens is 245 g/mol.